The number of unbranched alkanes of at least 4 members (excludes halogenated alkanes) is 1. The fraction of sp³-hybridized carbons (Fsp3) is 0.500. The van der Waals surface area contributed by atoms with E-state index in [0.29, 0.717) is 4.88 Å². The van der Waals surface area contributed by atoms with Crippen LogP contribution in [-0.4, -0.2) is 17.6 Å². The molecule has 0 atom stereocenters. The Morgan fingerprint density at radius 2 is 2.36 bits per heavy atom. The van der Waals surface area contributed by atoms with Crippen molar-refractivity contribution in [1.82, 2.24) is 5.32 Å². The number of hydrogen-bond acceptors (Lipinski definition) is 3. The normalized spacial score (nSPS) is 10.4. The van der Waals surface area contributed by atoms with E-state index in [4.69, 9.17) is 5.11 Å². The molecule has 0 amide bonds. The van der Waals surface area contributed by atoms with Crippen LogP contribution in [0.1, 0.15) is 34.3 Å². The molecule has 0 aliphatic rings. The molecule has 0 saturated heterocycles. The summed E-state index contributed by atoms with van der Waals surface area (Å²) in [5.74, 6) is -0.838. The summed E-state index contributed by atoms with van der Waals surface area (Å²) in [6.07, 6.45) is 2.34. The second-order valence-electron chi connectivity index (χ2n) is 3.10. The van der Waals surface area contributed by atoms with E-state index in [1.807, 2.05) is 6.07 Å². The minimum atomic E-state index is -0.838. The van der Waals surface area contributed by atoms with Crippen LogP contribution in [0, 0.1) is 0 Å². The van der Waals surface area contributed by atoms with Crippen molar-refractivity contribution < 1.29 is 9.90 Å². The van der Waals surface area contributed by atoms with Crippen molar-refractivity contribution in [3.8, 4) is 0 Å². The molecule has 0 saturated carbocycles. The van der Waals surface area contributed by atoms with E-state index in [9.17, 15) is 4.79 Å². The average Bonchev–Trinajstić information content (AvgIpc) is 2.61. The fourth-order valence-corrected chi connectivity index (χ4v) is 1.92. The summed E-state index contributed by atoms with van der Waals surface area (Å²) in [4.78, 5) is 12.1. The zero-order valence-electron chi connectivity index (χ0n) is 8.25. The first-order valence-electron chi connectivity index (χ1n) is 4.76. The van der Waals surface area contributed by atoms with Gasteiger partial charge in [0.2, 0.25) is 0 Å². The number of nitrogens with one attached hydrogen (secondary N) is 1. The van der Waals surface area contributed by atoms with E-state index < -0.39 is 5.97 Å². The molecule has 78 valence electrons. The van der Waals surface area contributed by atoms with Gasteiger partial charge in [-0.05, 0) is 25.1 Å². The average molecular weight is 213 g/mol. The van der Waals surface area contributed by atoms with Gasteiger partial charge < -0.3 is 10.4 Å². The lowest BCUT2D eigenvalue weighted by atomic mass is 10.3. The smallest absolute Gasteiger partial charge is 0.345 e. The van der Waals surface area contributed by atoms with Crippen LogP contribution >= 0.6 is 11.3 Å². The minimum absolute atomic E-state index is 0.414. The first-order chi connectivity index (χ1) is 6.74. The number of aromatic carboxylic acids is 1. The summed E-state index contributed by atoms with van der Waals surface area (Å²) in [5.41, 5.74) is 0. The second-order valence-corrected chi connectivity index (χ2v) is 4.27. The zero-order valence-corrected chi connectivity index (χ0v) is 9.06. The van der Waals surface area contributed by atoms with Gasteiger partial charge in [0.25, 0.3) is 0 Å². The number of hydrogen-bond donors (Lipinski definition) is 2. The van der Waals surface area contributed by atoms with Crippen LogP contribution < -0.4 is 5.32 Å². The molecule has 0 spiro atoms. The van der Waals surface area contributed by atoms with Crippen LogP contribution in [0.25, 0.3) is 0 Å². The molecule has 3 nitrogen and oxygen atoms in total. The van der Waals surface area contributed by atoms with E-state index in [-0.39, 0.29) is 0 Å². The predicted molar refractivity (Wildman–Crippen MR) is 57.9 cm³/mol. The first-order valence-corrected chi connectivity index (χ1v) is 5.58. The molecular formula is C10H15NO2S. The molecule has 0 aliphatic heterocycles. The highest BCUT2D eigenvalue weighted by Gasteiger charge is 2.05. The van der Waals surface area contributed by atoms with Crippen molar-refractivity contribution in [1.29, 1.82) is 0 Å². The van der Waals surface area contributed by atoms with Gasteiger partial charge in [0.05, 0.1) is 0 Å². The molecule has 1 aromatic rings. The van der Waals surface area contributed by atoms with Gasteiger partial charge >= 0.3 is 5.97 Å². The Morgan fingerprint density at radius 1 is 1.57 bits per heavy atom. The Labute approximate surface area is 87.8 Å². The maximum absolute atomic E-state index is 10.6. The third kappa shape index (κ3) is 3.47. The number of thiophene rings is 1. The maximum Gasteiger partial charge on any atom is 0.345 e. The SMILES string of the molecule is CCCCNCc1ccc(C(=O)O)s1. The van der Waals surface area contributed by atoms with Gasteiger partial charge in [-0.2, -0.15) is 0 Å². The molecule has 2 N–H and O–H groups in total. The molecular weight excluding hydrogens is 198 g/mol. The minimum Gasteiger partial charge on any atom is -0.477 e. The summed E-state index contributed by atoms with van der Waals surface area (Å²) < 4.78 is 0. The van der Waals surface area contributed by atoms with Crippen LogP contribution in [0.5, 0.6) is 0 Å². The number of carboxylic acids is 1. The molecule has 14 heavy (non-hydrogen) atoms. The number of rotatable bonds is 6. The Hall–Kier alpha value is -0.870. The highest BCUT2D eigenvalue weighted by Crippen LogP contribution is 2.15. The summed E-state index contributed by atoms with van der Waals surface area (Å²) in [5, 5.41) is 12.0. The molecule has 0 aromatic carbocycles. The van der Waals surface area contributed by atoms with E-state index in [1.54, 1.807) is 6.07 Å². The van der Waals surface area contributed by atoms with Crippen LogP contribution in [0.2, 0.25) is 0 Å². The molecule has 0 bridgehead atoms. The Balaban J connectivity index is 2.33. The maximum atomic E-state index is 10.6. The van der Waals surface area contributed by atoms with Crippen LogP contribution in [0.15, 0.2) is 12.1 Å². The third-order valence-corrected chi connectivity index (χ3v) is 2.95. The quantitative estimate of drug-likeness (QED) is 0.713. The zero-order chi connectivity index (χ0) is 10.4. The van der Waals surface area contributed by atoms with Crippen LogP contribution in [0.4, 0.5) is 0 Å². The van der Waals surface area contributed by atoms with Crippen molar-refractivity contribution >= 4 is 17.3 Å². The summed E-state index contributed by atoms with van der Waals surface area (Å²) in [6, 6.07) is 3.52. The molecule has 1 heterocycles. The lowest BCUT2D eigenvalue weighted by Crippen LogP contribution is -2.13. The van der Waals surface area contributed by atoms with Gasteiger partial charge in [0, 0.05) is 11.4 Å². The van der Waals surface area contributed by atoms with E-state index in [1.165, 1.54) is 17.8 Å². The lowest BCUT2D eigenvalue weighted by Gasteiger charge is -1.99. The standard InChI is InChI=1S/C10H15NO2S/c1-2-3-6-11-7-8-4-5-9(14-8)10(12)13/h4-5,11H,2-3,6-7H2,1H3,(H,12,13). The van der Waals surface area contributed by atoms with Gasteiger partial charge in [-0.15, -0.1) is 11.3 Å². The molecule has 1 aromatic heterocycles. The number of carboxylic acid groups (broad SMARTS) is 1. The van der Waals surface area contributed by atoms with Gasteiger partial charge in [-0.1, -0.05) is 13.3 Å². The molecule has 0 aliphatic carbocycles. The summed E-state index contributed by atoms with van der Waals surface area (Å²) in [6.45, 7) is 3.92. The Morgan fingerprint density at radius 3 is 2.93 bits per heavy atom. The molecule has 1 rings (SSSR count). The molecule has 0 fully saturated rings. The van der Waals surface area contributed by atoms with Crippen molar-refractivity contribution in [2.75, 3.05) is 6.54 Å². The van der Waals surface area contributed by atoms with E-state index >= 15 is 0 Å². The van der Waals surface area contributed by atoms with Gasteiger partial charge in [-0.25, -0.2) is 4.79 Å². The van der Waals surface area contributed by atoms with Gasteiger partial charge in [-0.3, -0.25) is 0 Å². The van der Waals surface area contributed by atoms with Crippen molar-refractivity contribution in [3.05, 3.63) is 21.9 Å². The first kappa shape index (κ1) is 11.2. The fourth-order valence-electron chi connectivity index (χ4n) is 1.10. The lowest BCUT2D eigenvalue weighted by molar-refractivity contribution is 0.0702. The van der Waals surface area contributed by atoms with Crippen molar-refractivity contribution in [2.24, 2.45) is 0 Å². The van der Waals surface area contributed by atoms with Crippen LogP contribution in [-0.2, 0) is 6.54 Å². The number of carbonyl (C=O) groups is 1. The Kier molecular flexibility index (Phi) is 4.62. The van der Waals surface area contributed by atoms with Crippen molar-refractivity contribution in [3.63, 3.8) is 0 Å². The molecule has 0 unspecified atom stereocenters. The highest BCUT2D eigenvalue weighted by atomic mass is 32.1. The molecule has 4 heteroatoms. The topological polar surface area (TPSA) is 49.3 Å². The Bertz CT molecular complexity index is 296. The summed E-state index contributed by atoms with van der Waals surface area (Å²) in [7, 11) is 0. The van der Waals surface area contributed by atoms with Gasteiger partial charge in [0.1, 0.15) is 4.88 Å². The monoisotopic (exact) mass is 213 g/mol. The van der Waals surface area contributed by atoms with E-state index in [2.05, 4.69) is 12.2 Å². The third-order valence-electron chi connectivity index (χ3n) is 1.88. The largest absolute Gasteiger partial charge is 0.477 e. The van der Waals surface area contributed by atoms with E-state index in [0.717, 1.165) is 24.4 Å². The highest BCUT2D eigenvalue weighted by molar-refractivity contribution is 7.13. The predicted octanol–water partition coefficient (Wildman–Crippen LogP) is 2.34. The summed E-state index contributed by atoms with van der Waals surface area (Å²) >= 11 is 1.34. The van der Waals surface area contributed by atoms with Crippen molar-refractivity contribution in [2.45, 2.75) is 26.3 Å². The van der Waals surface area contributed by atoms with Gasteiger partial charge in [0.15, 0.2) is 0 Å². The van der Waals surface area contributed by atoms with Crippen LogP contribution in [0.3, 0.4) is 0 Å². The second kappa shape index (κ2) is 5.78. The molecule has 0 radical (unpaired) electrons.